The fourth-order valence-electron chi connectivity index (χ4n) is 2.22. The van der Waals surface area contributed by atoms with E-state index in [9.17, 15) is 8.42 Å². The van der Waals surface area contributed by atoms with E-state index in [1.54, 1.807) is 12.1 Å². The van der Waals surface area contributed by atoms with E-state index in [0.717, 1.165) is 17.7 Å². The molecule has 0 aliphatic rings. The number of para-hydroxylation sites is 1. The van der Waals surface area contributed by atoms with E-state index in [1.807, 2.05) is 49.4 Å². The number of thiocarbonyl (C=S) groups is 1. The lowest BCUT2D eigenvalue weighted by molar-refractivity contribution is 0.601. The number of nitrogens with one attached hydrogen (secondary N) is 2. The van der Waals surface area contributed by atoms with Gasteiger partial charge in [0.15, 0.2) is 14.9 Å². The monoisotopic (exact) mass is 348 g/mol. The Morgan fingerprint density at radius 2 is 1.70 bits per heavy atom. The zero-order valence-corrected chi connectivity index (χ0v) is 14.7. The van der Waals surface area contributed by atoms with Crippen LogP contribution in [0.4, 0.5) is 5.69 Å². The normalized spacial score (nSPS) is 12.4. The lowest BCUT2D eigenvalue weighted by Crippen LogP contribution is -2.32. The summed E-state index contributed by atoms with van der Waals surface area (Å²) in [5.41, 5.74) is 1.92. The van der Waals surface area contributed by atoms with Crippen LogP contribution in [0.15, 0.2) is 59.5 Å². The highest BCUT2D eigenvalue weighted by Gasteiger charge is 2.13. The van der Waals surface area contributed by atoms with Crippen molar-refractivity contribution in [2.75, 3.05) is 11.6 Å². The summed E-state index contributed by atoms with van der Waals surface area (Å²) in [6, 6.07) is 16.6. The van der Waals surface area contributed by atoms with Crippen LogP contribution >= 0.6 is 12.2 Å². The number of hydrogen-bond acceptors (Lipinski definition) is 3. The van der Waals surface area contributed by atoms with Crippen molar-refractivity contribution in [2.45, 2.75) is 24.3 Å². The minimum absolute atomic E-state index is 0.0207. The predicted molar refractivity (Wildman–Crippen MR) is 98.4 cm³/mol. The van der Waals surface area contributed by atoms with Crippen LogP contribution in [0.5, 0.6) is 0 Å². The lowest BCUT2D eigenvalue weighted by atomic mass is 10.1. The first-order valence-corrected chi connectivity index (χ1v) is 9.62. The number of benzene rings is 2. The van der Waals surface area contributed by atoms with E-state index in [1.165, 1.54) is 6.26 Å². The van der Waals surface area contributed by atoms with Crippen LogP contribution in [0.3, 0.4) is 0 Å². The highest BCUT2D eigenvalue weighted by atomic mass is 32.2. The molecule has 0 saturated carbocycles. The maximum absolute atomic E-state index is 11.5. The van der Waals surface area contributed by atoms with Gasteiger partial charge in [-0.15, -0.1) is 0 Å². The smallest absolute Gasteiger partial charge is 0.175 e. The van der Waals surface area contributed by atoms with Gasteiger partial charge in [0.25, 0.3) is 0 Å². The van der Waals surface area contributed by atoms with Gasteiger partial charge in [-0.2, -0.15) is 0 Å². The number of hydrogen-bond donors (Lipinski definition) is 2. The van der Waals surface area contributed by atoms with Gasteiger partial charge in [-0.25, -0.2) is 8.42 Å². The van der Waals surface area contributed by atoms with Crippen LogP contribution in [0.25, 0.3) is 0 Å². The minimum Gasteiger partial charge on any atom is -0.356 e. The summed E-state index contributed by atoms with van der Waals surface area (Å²) in [4.78, 5) is 0.320. The van der Waals surface area contributed by atoms with Gasteiger partial charge in [-0.3, -0.25) is 0 Å². The van der Waals surface area contributed by atoms with Crippen LogP contribution in [-0.4, -0.2) is 19.8 Å². The first-order valence-electron chi connectivity index (χ1n) is 7.32. The van der Waals surface area contributed by atoms with E-state index in [2.05, 4.69) is 10.6 Å². The number of anilines is 1. The summed E-state index contributed by atoms with van der Waals surface area (Å²) < 4.78 is 23.0. The Hall–Kier alpha value is -1.92. The molecule has 2 rings (SSSR count). The van der Waals surface area contributed by atoms with Gasteiger partial charge in [-0.05, 0) is 48.5 Å². The molecule has 1 unspecified atom stereocenters. The van der Waals surface area contributed by atoms with Gasteiger partial charge < -0.3 is 10.6 Å². The quantitative estimate of drug-likeness (QED) is 0.810. The fourth-order valence-corrected chi connectivity index (χ4v) is 3.11. The molecule has 122 valence electrons. The van der Waals surface area contributed by atoms with E-state index < -0.39 is 9.84 Å². The average Bonchev–Trinajstić information content (AvgIpc) is 2.53. The number of rotatable bonds is 5. The van der Waals surface area contributed by atoms with E-state index in [-0.39, 0.29) is 6.04 Å². The second-order valence-corrected chi connectivity index (χ2v) is 7.69. The standard InChI is InChI=1S/C17H20N2O2S2/c1-3-16(13-9-11-15(12-10-13)23(2,20)21)19-17(22)18-14-7-5-4-6-8-14/h4-12,16H,3H2,1-2H3,(H2,18,19,22). The molecule has 0 amide bonds. The molecular weight excluding hydrogens is 328 g/mol. The molecule has 1 atom stereocenters. The molecule has 0 radical (unpaired) electrons. The van der Waals surface area contributed by atoms with Crippen molar-refractivity contribution in [1.82, 2.24) is 5.32 Å². The Morgan fingerprint density at radius 1 is 1.09 bits per heavy atom. The van der Waals surface area contributed by atoms with Crippen molar-refractivity contribution in [3.8, 4) is 0 Å². The van der Waals surface area contributed by atoms with E-state index in [0.29, 0.717) is 10.0 Å². The van der Waals surface area contributed by atoms with Crippen molar-refractivity contribution in [1.29, 1.82) is 0 Å². The third-order valence-electron chi connectivity index (χ3n) is 3.46. The Morgan fingerprint density at radius 3 is 2.22 bits per heavy atom. The summed E-state index contributed by atoms with van der Waals surface area (Å²) in [6.45, 7) is 2.05. The second kappa shape index (κ2) is 7.57. The summed E-state index contributed by atoms with van der Waals surface area (Å²) in [5.74, 6) is 0. The van der Waals surface area contributed by atoms with Crippen molar-refractivity contribution in [3.63, 3.8) is 0 Å². The predicted octanol–water partition coefficient (Wildman–Crippen LogP) is 3.53. The molecule has 4 nitrogen and oxygen atoms in total. The van der Waals surface area contributed by atoms with E-state index >= 15 is 0 Å². The number of sulfone groups is 1. The zero-order valence-electron chi connectivity index (χ0n) is 13.1. The molecule has 0 aromatic heterocycles. The van der Waals surface area contributed by atoms with Crippen LogP contribution < -0.4 is 10.6 Å². The lowest BCUT2D eigenvalue weighted by Gasteiger charge is -2.20. The molecule has 0 fully saturated rings. The SMILES string of the molecule is CCC(NC(=S)Nc1ccccc1)c1ccc(S(C)(=O)=O)cc1. The van der Waals surface area contributed by atoms with Gasteiger partial charge in [0.1, 0.15) is 0 Å². The molecule has 23 heavy (non-hydrogen) atoms. The molecule has 0 saturated heterocycles. The fraction of sp³-hybridized carbons (Fsp3) is 0.235. The van der Waals surface area contributed by atoms with Gasteiger partial charge >= 0.3 is 0 Å². The summed E-state index contributed by atoms with van der Waals surface area (Å²) in [5, 5.41) is 6.93. The van der Waals surface area contributed by atoms with Crippen molar-refractivity contribution in [2.24, 2.45) is 0 Å². The summed E-state index contributed by atoms with van der Waals surface area (Å²) in [7, 11) is -3.17. The first kappa shape index (κ1) is 17.4. The minimum atomic E-state index is -3.17. The molecule has 0 aliphatic heterocycles. The Kier molecular flexibility index (Phi) is 5.74. The Balaban J connectivity index is 2.06. The molecule has 6 heteroatoms. The molecule has 2 N–H and O–H groups in total. The van der Waals surface area contributed by atoms with Gasteiger partial charge in [0, 0.05) is 11.9 Å². The highest BCUT2D eigenvalue weighted by molar-refractivity contribution is 7.90. The molecular formula is C17H20N2O2S2. The maximum Gasteiger partial charge on any atom is 0.175 e. The van der Waals surface area contributed by atoms with Crippen LogP contribution in [0, 0.1) is 0 Å². The van der Waals surface area contributed by atoms with Crippen molar-refractivity contribution < 1.29 is 8.42 Å². The third-order valence-corrected chi connectivity index (χ3v) is 4.80. The maximum atomic E-state index is 11.5. The van der Waals surface area contributed by atoms with Crippen LogP contribution in [0.2, 0.25) is 0 Å². The van der Waals surface area contributed by atoms with Crippen molar-refractivity contribution in [3.05, 3.63) is 60.2 Å². The second-order valence-electron chi connectivity index (χ2n) is 5.27. The molecule has 0 aliphatic carbocycles. The highest BCUT2D eigenvalue weighted by Crippen LogP contribution is 2.19. The third kappa shape index (κ3) is 5.04. The summed E-state index contributed by atoms with van der Waals surface area (Å²) >= 11 is 5.35. The van der Waals surface area contributed by atoms with Gasteiger partial charge in [0.2, 0.25) is 0 Å². The first-order chi connectivity index (χ1) is 10.9. The molecule has 2 aromatic rings. The summed E-state index contributed by atoms with van der Waals surface area (Å²) in [6.07, 6.45) is 2.03. The van der Waals surface area contributed by atoms with Gasteiger partial charge in [0.05, 0.1) is 10.9 Å². The van der Waals surface area contributed by atoms with E-state index in [4.69, 9.17) is 12.2 Å². The zero-order chi connectivity index (χ0) is 16.9. The molecule has 0 bridgehead atoms. The molecule has 2 aromatic carbocycles. The average molecular weight is 348 g/mol. The van der Waals surface area contributed by atoms with Crippen LogP contribution in [0.1, 0.15) is 24.9 Å². The topological polar surface area (TPSA) is 58.2 Å². The molecule has 0 spiro atoms. The largest absolute Gasteiger partial charge is 0.356 e. The Bertz CT molecular complexity index is 757. The van der Waals surface area contributed by atoms with Crippen LogP contribution in [-0.2, 0) is 9.84 Å². The van der Waals surface area contributed by atoms with Gasteiger partial charge in [-0.1, -0.05) is 37.3 Å². The molecule has 0 heterocycles. The Labute approximate surface area is 142 Å². The van der Waals surface area contributed by atoms with Crippen molar-refractivity contribution >= 4 is 32.9 Å².